The zero-order chi connectivity index (χ0) is 19.0. The highest BCUT2D eigenvalue weighted by molar-refractivity contribution is 6.10. The third kappa shape index (κ3) is 2.94. The summed E-state index contributed by atoms with van der Waals surface area (Å²) in [7, 11) is 1.57. The standard InChI is InChI=1S/C18H24N2O5/c1-7-25-15(22)17(3,4)20-14(21)18(5,19-16(20)23)12-8-9-13(24-6)11(2)10-12/h8-10H,7H2,1-6H3,(H,19,23). The maximum atomic E-state index is 13.1. The van der Waals surface area contributed by atoms with Crippen LogP contribution in [-0.2, 0) is 19.9 Å². The number of nitrogens with zero attached hydrogens (tertiary/aromatic N) is 1. The molecule has 1 fully saturated rings. The van der Waals surface area contributed by atoms with Crippen LogP contribution in [0.2, 0.25) is 0 Å². The van der Waals surface area contributed by atoms with Crippen molar-refractivity contribution in [2.45, 2.75) is 45.7 Å². The molecule has 7 nitrogen and oxygen atoms in total. The van der Waals surface area contributed by atoms with Crippen LogP contribution in [0.5, 0.6) is 5.75 Å². The number of benzene rings is 1. The number of urea groups is 1. The number of carbonyl (C=O) groups excluding carboxylic acids is 3. The molecule has 0 saturated carbocycles. The van der Waals surface area contributed by atoms with Crippen LogP contribution in [0.3, 0.4) is 0 Å². The van der Waals surface area contributed by atoms with Crippen molar-refractivity contribution in [1.29, 1.82) is 0 Å². The SMILES string of the molecule is CCOC(=O)C(C)(C)N1C(=O)NC(C)(c2ccc(OC)c(C)c2)C1=O. The minimum atomic E-state index is -1.41. The Morgan fingerprint density at radius 1 is 1.32 bits per heavy atom. The summed E-state index contributed by atoms with van der Waals surface area (Å²) in [5, 5.41) is 2.70. The number of ether oxygens (including phenoxy) is 2. The van der Waals surface area contributed by atoms with Gasteiger partial charge in [-0.05, 0) is 57.9 Å². The zero-order valence-electron chi connectivity index (χ0n) is 15.4. The van der Waals surface area contributed by atoms with Crippen LogP contribution >= 0.6 is 0 Å². The van der Waals surface area contributed by atoms with Crippen molar-refractivity contribution in [2.75, 3.05) is 13.7 Å². The van der Waals surface area contributed by atoms with Crippen LogP contribution in [0.15, 0.2) is 18.2 Å². The summed E-state index contributed by atoms with van der Waals surface area (Å²) in [6, 6.07) is 4.64. The largest absolute Gasteiger partial charge is 0.496 e. The van der Waals surface area contributed by atoms with E-state index in [0.717, 1.165) is 10.5 Å². The monoisotopic (exact) mass is 348 g/mol. The molecule has 1 N–H and O–H groups in total. The quantitative estimate of drug-likeness (QED) is 0.651. The average Bonchev–Trinajstić information content (AvgIpc) is 2.78. The van der Waals surface area contributed by atoms with E-state index in [1.54, 1.807) is 39.2 Å². The number of hydrogen-bond donors (Lipinski definition) is 1. The Morgan fingerprint density at radius 2 is 1.96 bits per heavy atom. The molecular formula is C18H24N2O5. The molecule has 3 amide bonds. The van der Waals surface area contributed by atoms with E-state index >= 15 is 0 Å². The van der Waals surface area contributed by atoms with Crippen LogP contribution in [0.4, 0.5) is 4.79 Å². The lowest BCUT2D eigenvalue weighted by molar-refractivity contribution is -0.158. The molecule has 0 aliphatic carbocycles. The molecule has 1 atom stereocenters. The highest BCUT2D eigenvalue weighted by Crippen LogP contribution is 2.35. The molecule has 1 aliphatic rings. The molecule has 0 aromatic heterocycles. The highest BCUT2D eigenvalue weighted by atomic mass is 16.5. The van der Waals surface area contributed by atoms with Crippen LogP contribution in [0.1, 0.15) is 38.8 Å². The Balaban J connectivity index is 2.43. The van der Waals surface area contributed by atoms with Gasteiger partial charge in [0.2, 0.25) is 0 Å². The summed E-state index contributed by atoms with van der Waals surface area (Å²) in [6.45, 7) is 8.30. The minimum absolute atomic E-state index is 0.168. The normalized spacial score (nSPS) is 20.5. The van der Waals surface area contributed by atoms with E-state index in [4.69, 9.17) is 9.47 Å². The summed E-state index contributed by atoms with van der Waals surface area (Å²) in [6.07, 6.45) is 0. The van der Waals surface area contributed by atoms with Crippen LogP contribution in [0, 0.1) is 6.92 Å². The lowest BCUT2D eigenvalue weighted by Crippen LogP contribution is -2.54. The fourth-order valence-corrected chi connectivity index (χ4v) is 2.93. The van der Waals surface area contributed by atoms with Crippen molar-refractivity contribution in [3.63, 3.8) is 0 Å². The van der Waals surface area contributed by atoms with Gasteiger partial charge in [0.1, 0.15) is 16.8 Å². The second-order valence-electron chi connectivity index (χ2n) is 6.66. The van der Waals surface area contributed by atoms with Gasteiger partial charge in [0, 0.05) is 0 Å². The summed E-state index contributed by atoms with van der Waals surface area (Å²) >= 11 is 0. The maximum Gasteiger partial charge on any atom is 0.332 e. The van der Waals surface area contributed by atoms with E-state index in [-0.39, 0.29) is 6.61 Å². The van der Waals surface area contributed by atoms with Crippen molar-refractivity contribution < 1.29 is 23.9 Å². The molecule has 2 rings (SSSR count). The minimum Gasteiger partial charge on any atom is -0.496 e. The number of nitrogens with one attached hydrogen (secondary N) is 1. The van der Waals surface area contributed by atoms with Gasteiger partial charge in [-0.2, -0.15) is 0 Å². The van der Waals surface area contributed by atoms with Gasteiger partial charge in [-0.25, -0.2) is 14.5 Å². The molecular weight excluding hydrogens is 324 g/mol. The first-order valence-corrected chi connectivity index (χ1v) is 8.08. The molecule has 1 aromatic rings. The highest BCUT2D eigenvalue weighted by Gasteiger charge is 2.56. The first kappa shape index (κ1) is 18.8. The molecule has 1 heterocycles. The summed E-state index contributed by atoms with van der Waals surface area (Å²) in [4.78, 5) is 38.7. The van der Waals surface area contributed by atoms with Gasteiger partial charge >= 0.3 is 12.0 Å². The maximum absolute atomic E-state index is 13.1. The van der Waals surface area contributed by atoms with E-state index < -0.39 is 29.0 Å². The second-order valence-corrected chi connectivity index (χ2v) is 6.66. The summed E-state index contributed by atoms with van der Waals surface area (Å²) < 4.78 is 10.2. The van der Waals surface area contributed by atoms with Gasteiger partial charge < -0.3 is 14.8 Å². The Kier molecular flexibility index (Phi) is 4.79. The molecule has 0 spiro atoms. The number of hydrogen-bond acceptors (Lipinski definition) is 5. The number of imide groups is 1. The predicted molar refractivity (Wildman–Crippen MR) is 91.2 cm³/mol. The van der Waals surface area contributed by atoms with Gasteiger partial charge in [-0.1, -0.05) is 6.07 Å². The molecule has 1 aliphatic heterocycles. The van der Waals surface area contributed by atoms with Gasteiger partial charge in [-0.15, -0.1) is 0 Å². The molecule has 25 heavy (non-hydrogen) atoms. The summed E-state index contributed by atoms with van der Waals surface area (Å²) in [5.74, 6) is -0.443. The van der Waals surface area contributed by atoms with Crippen molar-refractivity contribution in [2.24, 2.45) is 0 Å². The Bertz CT molecular complexity index is 728. The molecule has 1 unspecified atom stereocenters. The van der Waals surface area contributed by atoms with Crippen LogP contribution < -0.4 is 10.1 Å². The van der Waals surface area contributed by atoms with E-state index in [2.05, 4.69) is 5.32 Å². The van der Waals surface area contributed by atoms with Gasteiger partial charge in [-0.3, -0.25) is 4.79 Å². The number of amides is 3. The van der Waals surface area contributed by atoms with Gasteiger partial charge in [0.25, 0.3) is 5.91 Å². The van der Waals surface area contributed by atoms with E-state index in [0.29, 0.717) is 11.3 Å². The van der Waals surface area contributed by atoms with Gasteiger partial charge in [0.15, 0.2) is 0 Å². The lowest BCUT2D eigenvalue weighted by Gasteiger charge is -2.31. The predicted octanol–water partition coefficient (Wildman–Crippen LogP) is 2.11. The number of methoxy groups -OCH3 is 1. The van der Waals surface area contributed by atoms with E-state index in [1.807, 2.05) is 6.92 Å². The van der Waals surface area contributed by atoms with E-state index in [1.165, 1.54) is 13.8 Å². The van der Waals surface area contributed by atoms with Crippen molar-refractivity contribution in [3.05, 3.63) is 29.3 Å². The molecule has 0 bridgehead atoms. The topological polar surface area (TPSA) is 84.9 Å². The van der Waals surface area contributed by atoms with Crippen molar-refractivity contribution >= 4 is 17.9 Å². The fraction of sp³-hybridized carbons (Fsp3) is 0.500. The Morgan fingerprint density at radius 3 is 2.48 bits per heavy atom. The van der Waals surface area contributed by atoms with E-state index in [9.17, 15) is 14.4 Å². The van der Waals surface area contributed by atoms with Gasteiger partial charge in [0.05, 0.1) is 13.7 Å². The second kappa shape index (κ2) is 6.38. The zero-order valence-corrected chi connectivity index (χ0v) is 15.4. The first-order chi connectivity index (χ1) is 11.6. The number of rotatable bonds is 5. The smallest absolute Gasteiger partial charge is 0.332 e. The third-order valence-electron chi connectivity index (χ3n) is 4.50. The average molecular weight is 348 g/mol. The number of aryl methyl sites for hydroxylation is 1. The van der Waals surface area contributed by atoms with Crippen molar-refractivity contribution in [3.8, 4) is 5.75 Å². The third-order valence-corrected chi connectivity index (χ3v) is 4.50. The Hall–Kier alpha value is -2.57. The Labute approximate surface area is 147 Å². The fourth-order valence-electron chi connectivity index (χ4n) is 2.93. The van der Waals surface area contributed by atoms with Crippen LogP contribution in [0.25, 0.3) is 0 Å². The molecule has 136 valence electrons. The molecule has 7 heteroatoms. The molecule has 1 saturated heterocycles. The van der Waals surface area contributed by atoms with Crippen LogP contribution in [-0.4, -0.2) is 42.1 Å². The number of esters is 1. The lowest BCUT2D eigenvalue weighted by atomic mass is 9.89. The number of carbonyl (C=O) groups is 3. The molecule has 1 aromatic carbocycles. The summed E-state index contributed by atoms with van der Waals surface area (Å²) in [5.41, 5.74) is -1.22. The first-order valence-electron chi connectivity index (χ1n) is 8.08. The molecule has 0 radical (unpaired) electrons. The van der Waals surface area contributed by atoms with Crippen molar-refractivity contribution in [1.82, 2.24) is 10.2 Å².